The average Bonchev–Trinajstić information content (AvgIpc) is 3.55. The molecule has 5 rings (SSSR count). The van der Waals surface area contributed by atoms with Gasteiger partial charge in [0.05, 0.1) is 25.1 Å². The third-order valence-electron chi connectivity index (χ3n) is 8.47. The molecular formula is C36H43N5O5. The molecule has 10 heteroatoms. The Morgan fingerprint density at radius 2 is 1.74 bits per heavy atom. The molecule has 1 aliphatic rings. The van der Waals surface area contributed by atoms with Gasteiger partial charge in [0.1, 0.15) is 11.5 Å². The van der Waals surface area contributed by atoms with E-state index in [1.165, 1.54) is 7.11 Å². The van der Waals surface area contributed by atoms with Crippen LogP contribution in [0.15, 0.2) is 66.9 Å². The average molecular weight is 626 g/mol. The van der Waals surface area contributed by atoms with Crippen LogP contribution in [0, 0.1) is 6.92 Å². The van der Waals surface area contributed by atoms with Crippen molar-refractivity contribution in [2.75, 3.05) is 64.2 Å². The summed E-state index contributed by atoms with van der Waals surface area (Å²) >= 11 is 0. The van der Waals surface area contributed by atoms with Gasteiger partial charge in [0.15, 0.2) is 0 Å². The summed E-state index contributed by atoms with van der Waals surface area (Å²) in [5.41, 5.74) is 3.94. The minimum absolute atomic E-state index is 0.233. The van der Waals surface area contributed by atoms with Crippen LogP contribution in [0.3, 0.4) is 0 Å². The van der Waals surface area contributed by atoms with Gasteiger partial charge in [-0.25, -0.2) is 0 Å². The minimum atomic E-state index is -0.275. The maximum atomic E-state index is 13.6. The van der Waals surface area contributed by atoms with Crippen molar-refractivity contribution < 1.29 is 23.9 Å². The number of H-pyrrole nitrogens is 1. The highest BCUT2D eigenvalue weighted by molar-refractivity contribution is 6.13. The predicted octanol–water partition coefficient (Wildman–Crippen LogP) is 5.73. The number of carbonyl (C=O) groups excluding carboxylic acids is 3. The Labute approximate surface area is 270 Å². The van der Waals surface area contributed by atoms with Crippen LogP contribution >= 0.6 is 0 Å². The molecule has 1 saturated heterocycles. The Balaban J connectivity index is 1.18. The Bertz CT molecular complexity index is 1690. The molecule has 46 heavy (non-hydrogen) atoms. The second kappa shape index (κ2) is 15.0. The molecule has 242 valence electrons. The van der Waals surface area contributed by atoms with Crippen molar-refractivity contribution >= 4 is 40.0 Å². The molecule has 0 radical (unpaired) electrons. The fourth-order valence-electron chi connectivity index (χ4n) is 5.67. The van der Waals surface area contributed by atoms with Gasteiger partial charge in [-0.2, -0.15) is 0 Å². The Morgan fingerprint density at radius 3 is 2.52 bits per heavy atom. The number of benzene rings is 3. The zero-order chi connectivity index (χ0) is 32.6. The maximum Gasteiger partial charge on any atom is 0.258 e. The number of amides is 3. The monoisotopic (exact) mass is 625 g/mol. The van der Waals surface area contributed by atoms with Gasteiger partial charge >= 0.3 is 0 Å². The zero-order valence-corrected chi connectivity index (χ0v) is 27.1. The number of fused-ring (bicyclic) bond motifs is 1. The smallest absolute Gasteiger partial charge is 0.258 e. The number of methoxy groups -OCH3 is 1. The zero-order valence-electron chi connectivity index (χ0n) is 27.1. The first kappa shape index (κ1) is 32.6. The Kier molecular flexibility index (Phi) is 10.6. The summed E-state index contributed by atoms with van der Waals surface area (Å²) in [4.78, 5) is 48.2. The summed E-state index contributed by atoms with van der Waals surface area (Å²) in [5, 5.41) is 3.74. The van der Waals surface area contributed by atoms with E-state index >= 15 is 0 Å². The summed E-state index contributed by atoms with van der Waals surface area (Å²) in [7, 11) is 5.30. The first-order valence-electron chi connectivity index (χ1n) is 15.8. The lowest BCUT2D eigenvalue weighted by atomic mass is 10.1. The molecule has 4 aromatic rings. The number of likely N-dealkylation sites (N-methyl/N-ethyl adjacent to an activating group) is 1. The van der Waals surface area contributed by atoms with Crippen molar-refractivity contribution in [1.82, 2.24) is 14.8 Å². The van der Waals surface area contributed by atoms with Crippen LogP contribution in [0.1, 0.15) is 52.0 Å². The third kappa shape index (κ3) is 7.69. The normalized spacial score (nSPS) is 13.4. The summed E-state index contributed by atoms with van der Waals surface area (Å²) in [6, 6.07) is 18.1. The van der Waals surface area contributed by atoms with Crippen LogP contribution in [0.4, 0.5) is 11.4 Å². The Hall–Kier alpha value is -4.83. The molecule has 0 spiro atoms. The third-order valence-corrected chi connectivity index (χ3v) is 8.47. The summed E-state index contributed by atoms with van der Waals surface area (Å²) in [5.74, 6) is 0.711. The number of aromatic nitrogens is 1. The van der Waals surface area contributed by atoms with E-state index < -0.39 is 0 Å². The van der Waals surface area contributed by atoms with Crippen molar-refractivity contribution in [3.05, 3.63) is 83.6 Å². The van der Waals surface area contributed by atoms with E-state index in [1.54, 1.807) is 42.4 Å². The van der Waals surface area contributed by atoms with E-state index in [9.17, 15) is 14.4 Å². The first-order valence-corrected chi connectivity index (χ1v) is 15.8. The number of anilines is 2. The van der Waals surface area contributed by atoms with Crippen molar-refractivity contribution in [1.29, 1.82) is 0 Å². The van der Waals surface area contributed by atoms with E-state index in [-0.39, 0.29) is 17.7 Å². The molecule has 1 aromatic heterocycles. The molecule has 0 atom stereocenters. The van der Waals surface area contributed by atoms with Crippen LogP contribution in [0.2, 0.25) is 0 Å². The standard InChI is InChI=1S/C36H43N5O5/c1-25-12-15-31(33(23-25)46-22-7-5-6-11-34(42)41-20-18-39(2)19-21-41)40(3)36(44)26-13-14-30(32(24-26)45-4)38-35(43)28-9-8-10-29-27(28)16-17-37-29/h8-10,12-17,23-24,37H,5-7,11,18-22H2,1-4H3,(H,38,43). The fraction of sp³-hybridized carbons (Fsp3) is 0.361. The van der Waals surface area contributed by atoms with Gasteiger partial charge < -0.3 is 34.5 Å². The van der Waals surface area contributed by atoms with Crippen LogP contribution in [-0.4, -0.2) is 86.5 Å². The predicted molar refractivity (Wildman–Crippen MR) is 181 cm³/mol. The van der Waals surface area contributed by atoms with Gasteiger partial charge in [-0.15, -0.1) is 0 Å². The number of hydrogen-bond acceptors (Lipinski definition) is 6. The summed E-state index contributed by atoms with van der Waals surface area (Å²) in [6.07, 6.45) is 4.88. The number of aryl methyl sites for hydroxylation is 1. The van der Waals surface area contributed by atoms with E-state index in [0.29, 0.717) is 47.0 Å². The topological polar surface area (TPSA) is 107 Å². The molecule has 0 saturated carbocycles. The SMILES string of the molecule is COc1cc(C(=O)N(C)c2ccc(C)cc2OCCCCCC(=O)N2CCN(C)CC2)ccc1NC(=O)c1cccc2[nH]ccc12. The van der Waals surface area contributed by atoms with E-state index in [0.717, 1.165) is 61.9 Å². The van der Waals surface area contributed by atoms with Gasteiger partial charge in [-0.3, -0.25) is 14.4 Å². The van der Waals surface area contributed by atoms with E-state index in [4.69, 9.17) is 9.47 Å². The lowest BCUT2D eigenvalue weighted by Crippen LogP contribution is -2.47. The summed E-state index contributed by atoms with van der Waals surface area (Å²) in [6.45, 7) is 5.94. The Morgan fingerprint density at radius 1 is 0.935 bits per heavy atom. The molecule has 10 nitrogen and oxygen atoms in total. The van der Waals surface area contributed by atoms with Crippen LogP contribution in [0.5, 0.6) is 11.5 Å². The van der Waals surface area contributed by atoms with Crippen LogP contribution < -0.4 is 19.7 Å². The number of nitrogens with one attached hydrogen (secondary N) is 2. The second-order valence-electron chi connectivity index (χ2n) is 11.8. The van der Waals surface area contributed by atoms with Crippen LogP contribution in [-0.2, 0) is 4.79 Å². The number of carbonyl (C=O) groups is 3. The van der Waals surface area contributed by atoms with Crippen molar-refractivity contribution in [2.45, 2.75) is 32.6 Å². The maximum absolute atomic E-state index is 13.6. The van der Waals surface area contributed by atoms with Gasteiger partial charge in [-0.05, 0) is 87.3 Å². The lowest BCUT2D eigenvalue weighted by molar-refractivity contribution is -0.132. The van der Waals surface area contributed by atoms with Crippen molar-refractivity contribution in [2.24, 2.45) is 0 Å². The number of rotatable bonds is 12. The molecule has 2 heterocycles. The highest BCUT2D eigenvalue weighted by atomic mass is 16.5. The van der Waals surface area contributed by atoms with Gasteiger partial charge in [0.25, 0.3) is 11.8 Å². The first-order chi connectivity index (χ1) is 22.2. The largest absolute Gasteiger partial charge is 0.495 e. The fourth-order valence-corrected chi connectivity index (χ4v) is 5.67. The molecule has 0 bridgehead atoms. The summed E-state index contributed by atoms with van der Waals surface area (Å²) < 4.78 is 11.7. The van der Waals surface area contributed by atoms with E-state index in [1.807, 2.05) is 48.2 Å². The molecule has 2 N–H and O–H groups in total. The number of aromatic amines is 1. The molecule has 0 aliphatic carbocycles. The van der Waals surface area contributed by atoms with Gasteiger partial charge in [0.2, 0.25) is 5.91 Å². The number of unbranched alkanes of at least 4 members (excludes halogenated alkanes) is 2. The van der Waals surface area contributed by atoms with Crippen LogP contribution in [0.25, 0.3) is 10.9 Å². The number of ether oxygens (including phenoxy) is 2. The molecule has 1 aliphatic heterocycles. The number of hydrogen-bond donors (Lipinski definition) is 2. The molecular weight excluding hydrogens is 582 g/mol. The molecule has 3 aromatic carbocycles. The highest BCUT2D eigenvalue weighted by Gasteiger charge is 2.21. The number of piperazine rings is 1. The quantitative estimate of drug-likeness (QED) is 0.195. The minimum Gasteiger partial charge on any atom is -0.495 e. The second-order valence-corrected chi connectivity index (χ2v) is 11.8. The highest BCUT2D eigenvalue weighted by Crippen LogP contribution is 2.32. The van der Waals surface area contributed by atoms with Crippen molar-refractivity contribution in [3.63, 3.8) is 0 Å². The molecule has 3 amide bonds. The molecule has 0 unspecified atom stereocenters. The van der Waals surface area contributed by atoms with Gasteiger partial charge in [-0.1, -0.05) is 12.1 Å². The lowest BCUT2D eigenvalue weighted by Gasteiger charge is -2.32. The molecule has 1 fully saturated rings. The van der Waals surface area contributed by atoms with Gasteiger partial charge in [0, 0.05) is 67.9 Å². The van der Waals surface area contributed by atoms with E-state index in [2.05, 4.69) is 22.2 Å². The number of nitrogens with zero attached hydrogens (tertiary/aromatic N) is 3. The van der Waals surface area contributed by atoms with Crippen molar-refractivity contribution in [3.8, 4) is 11.5 Å².